The van der Waals surface area contributed by atoms with Gasteiger partial charge in [0.25, 0.3) is 0 Å². The van der Waals surface area contributed by atoms with Crippen LogP contribution < -0.4 is 0 Å². The van der Waals surface area contributed by atoms with Crippen LogP contribution in [0.25, 0.3) is 0 Å². The van der Waals surface area contributed by atoms with E-state index in [0.717, 1.165) is 0 Å². The lowest BCUT2D eigenvalue weighted by Crippen LogP contribution is -2.41. The summed E-state index contributed by atoms with van der Waals surface area (Å²) >= 11 is 3.70. The zero-order chi connectivity index (χ0) is 12.4. The molecule has 90 valence electrons. The number of allylic oxidation sites excluding steroid dienone is 1. The summed E-state index contributed by atoms with van der Waals surface area (Å²) in [6.07, 6.45) is 3.02. The number of carbonyl (C=O) groups excluding carboxylic acids is 1. The van der Waals surface area contributed by atoms with Gasteiger partial charge >= 0.3 is 7.12 Å². The number of rotatable bonds is 4. The van der Waals surface area contributed by atoms with Crippen molar-refractivity contribution in [2.45, 2.75) is 51.7 Å². The molecular formula is C11H19BO3S. The van der Waals surface area contributed by atoms with Crippen LogP contribution in [0.3, 0.4) is 0 Å². The van der Waals surface area contributed by atoms with E-state index in [-0.39, 0.29) is 23.4 Å². The second-order valence-corrected chi connectivity index (χ2v) is 5.48. The Morgan fingerprint density at radius 2 is 1.75 bits per heavy atom. The van der Waals surface area contributed by atoms with E-state index >= 15 is 0 Å². The molecule has 0 spiro atoms. The van der Waals surface area contributed by atoms with E-state index in [9.17, 15) is 4.79 Å². The highest BCUT2D eigenvalue weighted by molar-refractivity contribution is 7.96. The summed E-state index contributed by atoms with van der Waals surface area (Å²) in [5, 5.41) is -0.0985. The molecule has 1 fully saturated rings. The SMILES string of the molecule is CC1(C)OB(/C=C/CCC(=O)S)OC1(C)C. The van der Waals surface area contributed by atoms with E-state index < -0.39 is 0 Å². The predicted octanol–water partition coefficient (Wildman–Crippen LogP) is 2.41. The summed E-state index contributed by atoms with van der Waals surface area (Å²) in [7, 11) is -0.319. The molecule has 1 aliphatic heterocycles. The van der Waals surface area contributed by atoms with Gasteiger partial charge in [-0.25, -0.2) is 0 Å². The predicted molar refractivity (Wildman–Crippen MR) is 68.4 cm³/mol. The maximum Gasteiger partial charge on any atom is 0.486 e. The van der Waals surface area contributed by atoms with Gasteiger partial charge in [0.05, 0.1) is 11.2 Å². The van der Waals surface area contributed by atoms with Gasteiger partial charge in [0.15, 0.2) is 5.12 Å². The van der Waals surface area contributed by atoms with Gasteiger partial charge in [0.2, 0.25) is 0 Å². The van der Waals surface area contributed by atoms with Gasteiger partial charge in [-0.2, -0.15) is 0 Å². The first kappa shape index (κ1) is 13.8. The Bertz CT molecular complexity index is 284. The second-order valence-electron chi connectivity index (χ2n) is 4.99. The smallest absolute Gasteiger partial charge is 0.400 e. The summed E-state index contributed by atoms with van der Waals surface area (Å²) < 4.78 is 11.5. The molecular weight excluding hydrogens is 223 g/mol. The number of thiol groups is 1. The first-order valence-corrected chi connectivity index (χ1v) is 5.93. The summed E-state index contributed by atoms with van der Waals surface area (Å²) in [6.45, 7) is 8.05. The fraction of sp³-hybridized carbons (Fsp3) is 0.727. The Labute approximate surface area is 103 Å². The molecule has 0 aliphatic carbocycles. The molecule has 16 heavy (non-hydrogen) atoms. The minimum absolute atomic E-state index is 0.0985. The van der Waals surface area contributed by atoms with Crippen molar-refractivity contribution in [2.75, 3.05) is 0 Å². The van der Waals surface area contributed by atoms with E-state index in [1.807, 2.05) is 39.7 Å². The topological polar surface area (TPSA) is 35.5 Å². The third-order valence-electron chi connectivity index (χ3n) is 3.09. The molecule has 0 N–H and O–H groups in total. The Balaban J connectivity index is 2.45. The molecule has 1 aliphatic rings. The van der Waals surface area contributed by atoms with Gasteiger partial charge in [-0.3, -0.25) is 4.79 Å². The minimum Gasteiger partial charge on any atom is -0.400 e. The van der Waals surface area contributed by atoms with Crippen LogP contribution in [-0.2, 0) is 14.1 Å². The summed E-state index contributed by atoms with van der Waals surface area (Å²) in [6, 6.07) is 0. The maximum atomic E-state index is 10.6. The average molecular weight is 242 g/mol. The van der Waals surface area contributed by atoms with Gasteiger partial charge in [-0.05, 0) is 34.1 Å². The summed E-state index contributed by atoms with van der Waals surface area (Å²) in [4.78, 5) is 10.6. The van der Waals surface area contributed by atoms with Crippen LogP contribution >= 0.6 is 12.6 Å². The molecule has 0 aromatic heterocycles. The van der Waals surface area contributed by atoms with Crippen molar-refractivity contribution in [3.05, 3.63) is 12.1 Å². The zero-order valence-electron chi connectivity index (χ0n) is 10.3. The van der Waals surface area contributed by atoms with Crippen molar-refractivity contribution in [2.24, 2.45) is 0 Å². The molecule has 0 radical (unpaired) electrons. The zero-order valence-corrected chi connectivity index (χ0v) is 11.2. The molecule has 0 unspecified atom stereocenters. The Hall–Kier alpha value is -0.255. The van der Waals surface area contributed by atoms with E-state index in [1.54, 1.807) is 0 Å². The average Bonchev–Trinajstić information content (AvgIpc) is 2.29. The molecule has 3 nitrogen and oxygen atoms in total. The molecule has 0 atom stereocenters. The highest BCUT2D eigenvalue weighted by Crippen LogP contribution is 2.36. The molecule has 5 heteroatoms. The van der Waals surface area contributed by atoms with Gasteiger partial charge in [-0.15, -0.1) is 12.6 Å². The number of hydrogen-bond donors (Lipinski definition) is 1. The fourth-order valence-electron chi connectivity index (χ4n) is 1.38. The minimum atomic E-state index is -0.319. The van der Waals surface area contributed by atoms with Crippen LogP contribution in [0, 0.1) is 0 Å². The second kappa shape index (κ2) is 4.94. The monoisotopic (exact) mass is 242 g/mol. The van der Waals surface area contributed by atoms with Crippen LogP contribution in [0.15, 0.2) is 12.1 Å². The molecule has 1 rings (SSSR count). The van der Waals surface area contributed by atoms with Crippen molar-refractivity contribution in [1.29, 1.82) is 0 Å². The van der Waals surface area contributed by atoms with Crippen molar-refractivity contribution in [3.63, 3.8) is 0 Å². The molecule has 1 saturated heterocycles. The Morgan fingerprint density at radius 3 is 2.19 bits per heavy atom. The lowest BCUT2D eigenvalue weighted by Gasteiger charge is -2.32. The quantitative estimate of drug-likeness (QED) is 0.607. The highest BCUT2D eigenvalue weighted by atomic mass is 32.1. The van der Waals surface area contributed by atoms with Crippen LogP contribution in [0.5, 0.6) is 0 Å². The summed E-state index contributed by atoms with van der Waals surface area (Å²) in [5.41, 5.74) is -0.608. The summed E-state index contributed by atoms with van der Waals surface area (Å²) in [5.74, 6) is 1.85. The van der Waals surface area contributed by atoms with Gasteiger partial charge in [-0.1, -0.05) is 12.1 Å². The van der Waals surface area contributed by atoms with Crippen molar-refractivity contribution < 1.29 is 14.1 Å². The lowest BCUT2D eigenvalue weighted by molar-refractivity contribution is -0.110. The van der Waals surface area contributed by atoms with Gasteiger partial charge in [0, 0.05) is 6.42 Å². The molecule has 1 heterocycles. The van der Waals surface area contributed by atoms with E-state index in [4.69, 9.17) is 9.31 Å². The van der Waals surface area contributed by atoms with E-state index in [1.165, 1.54) is 0 Å². The van der Waals surface area contributed by atoms with E-state index in [0.29, 0.717) is 12.8 Å². The highest BCUT2D eigenvalue weighted by Gasteiger charge is 2.49. The van der Waals surface area contributed by atoms with Crippen LogP contribution in [0.4, 0.5) is 0 Å². The third kappa shape index (κ3) is 3.37. The Morgan fingerprint density at radius 1 is 1.25 bits per heavy atom. The molecule has 0 saturated carbocycles. The van der Waals surface area contributed by atoms with E-state index in [2.05, 4.69) is 12.6 Å². The first-order chi connectivity index (χ1) is 7.24. The standard InChI is InChI=1S/C11H19BO3S/c1-10(2)11(3,4)15-12(14-10)8-6-5-7-9(13)16/h6,8H,5,7H2,1-4H3,(H,13,16)/b8-6+. The van der Waals surface area contributed by atoms with Crippen molar-refractivity contribution >= 4 is 24.9 Å². The van der Waals surface area contributed by atoms with Gasteiger partial charge in [0.1, 0.15) is 0 Å². The first-order valence-electron chi connectivity index (χ1n) is 5.49. The molecule has 0 amide bonds. The van der Waals surface area contributed by atoms with Gasteiger partial charge < -0.3 is 9.31 Å². The largest absolute Gasteiger partial charge is 0.486 e. The molecule has 0 aromatic carbocycles. The van der Waals surface area contributed by atoms with Crippen LogP contribution in [0.1, 0.15) is 40.5 Å². The van der Waals surface area contributed by atoms with Crippen LogP contribution in [0.2, 0.25) is 0 Å². The maximum absolute atomic E-state index is 10.6. The van der Waals surface area contributed by atoms with Crippen LogP contribution in [-0.4, -0.2) is 23.4 Å². The number of carbonyl (C=O) groups is 1. The van der Waals surface area contributed by atoms with Crippen molar-refractivity contribution in [1.82, 2.24) is 0 Å². The normalized spacial score (nSPS) is 22.9. The Kier molecular flexibility index (Phi) is 4.26. The fourth-order valence-corrected chi connectivity index (χ4v) is 1.51. The number of hydrogen-bond acceptors (Lipinski definition) is 3. The molecule has 0 bridgehead atoms. The molecule has 0 aromatic rings. The third-order valence-corrected chi connectivity index (χ3v) is 3.31. The van der Waals surface area contributed by atoms with Crippen molar-refractivity contribution in [3.8, 4) is 0 Å². The lowest BCUT2D eigenvalue weighted by atomic mass is 9.89.